The summed E-state index contributed by atoms with van der Waals surface area (Å²) >= 11 is 5.69. The fourth-order valence-corrected chi connectivity index (χ4v) is 1.70. The van der Waals surface area contributed by atoms with Gasteiger partial charge in [-0.1, -0.05) is 17.7 Å². The van der Waals surface area contributed by atoms with Crippen molar-refractivity contribution in [1.82, 2.24) is 9.97 Å². The number of aryl methyl sites for hydroxylation is 1. The summed E-state index contributed by atoms with van der Waals surface area (Å²) in [4.78, 5) is 19.4. The van der Waals surface area contributed by atoms with Crippen molar-refractivity contribution >= 4 is 23.5 Å². The van der Waals surface area contributed by atoms with E-state index in [-0.39, 0.29) is 11.1 Å². The van der Waals surface area contributed by atoms with Crippen LogP contribution in [0.1, 0.15) is 16.1 Å². The van der Waals surface area contributed by atoms with Gasteiger partial charge in [-0.2, -0.15) is 0 Å². The van der Waals surface area contributed by atoms with E-state index < -0.39 is 23.1 Å². The molecule has 7 heteroatoms. The largest absolute Gasteiger partial charge is 0.290 e. The Morgan fingerprint density at radius 3 is 2.47 bits per heavy atom. The molecule has 19 heavy (non-hydrogen) atoms. The number of hydrogen-bond donors (Lipinski definition) is 1. The molecule has 1 amide bonds. The molecule has 0 aliphatic carbocycles. The van der Waals surface area contributed by atoms with Crippen LogP contribution in [0.25, 0.3) is 0 Å². The molecule has 0 spiro atoms. The number of halogens is 3. The fourth-order valence-electron chi connectivity index (χ4n) is 1.46. The fraction of sp³-hybridized carbons (Fsp3) is 0.0833. The zero-order valence-corrected chi connectivity index (χ0v) is 10.5. The van der Waals surface area contributed by atoms with Crippen LogP contribution in [0.4, 0.5) is 14.7 Å². The van der Waals surface area contributed by atoms with E-state index in [1.165, 1.54) is 12.1 Å². The van der Waals surface area contributed by atoms with Crippen LogP contribution in [0, 0.1) is 18.6 Å². The number of aromatic nitrogens is 2. The van der Waals surface area contributed by atoms with Gasteiger partial charge in [0.15, 0.2) is 0 Å². The Kier molecular flexibility index (Phi) is 3.71. The predicted octanol–water partition coefficient (Wildman–Crippen LogP) is 2.97. The van der Waals surface area contributed by atoms with Crippen molar-refractivity contribution in [3.63, 3.8) is 0 Å². The summed E-state index contributed by atoms with van der Waals surface area (Å²) < 4.78 is 26.8. The number of carbonyl (C=O) groups excluding carboxylic acids is 1. The summed E-state index contributed by atoms with van der Waals surface area (Å²) in [6.07, 6.45) is 0. The predicted molar refractivity (Wildman–Crippen MR) is 66.1 cm³/mol. The van der Waals surface area contributed by atoms with Gasteiger partial charge < -0.3 is 0 Å². The van der Waals surface area contributed by atoms with Crippen molar-refractivity contribution in [2.75, 3.05) is 5.32 Å². The van der Waals surface area contributed by atoms with Gasteiger partial charge >= 0.3 is 0 Å². The van der Waals surface area contributed by atoms with Crippen LogP contribution < -0.4 is 5.32 Å². The van der Waals surface area contributed by atoms with Gasteiger partial charge in [-0.3, -0.25) is 10.1 Å². The SMILES string of the molecule is Cc1cc(Cl)nc(NC(=O)c2c(F)cccc2F)n1. The van der Waals surface area contributed by atoms with Crippen molar-refractivity contribution in [3.05, 3.63) is 52.3 Å². The molecule has 4 nitrogen and oxygen atoms in total. The van der Waals surface area contributed by atoms with Gasteiger partial charge in [-0.05, 0) is 25.1 Å². The molecule has 1 aromatic carbocycles. The average Bonchev–Trinajstić information content (AvgIpc) is 2.26. The number of benzene rings is 1. The molecule has 0 aliphatic heterocycles. The molecule has 1 aromatic heterocycles. The molecule has 98 valence electrons. The number of amides is 1. The summed E-state index contributed by atoms with van der Waals surface area (Å²) in [6.45, 7) is 1.65. The van der Waals surface area contributed by atoms with Crippen LogP contribution in [0.2, 0.25) is 5.15 Å². The van der Waals surface area contributed by atoms with Crippen LogP contribution in [-0.2, 0) is 0 Å². The molecule has 0 aliphatic rings. The van der Waals surface area contributed by atoms with Gasteiger partial charge in [-0.15, -0.1) is 0 Å². The summed E-state index contributed by atoms with van der Waals surface area (Å²) in [7, 11) is 0. The first-order valence-corrected chi connectivity index (χ1v) is 5.61. The maximum Gasteiger partial charge on any atom is 0.263 e. The molecule has 0 atom stereocenters. The van der Waals surface area contributed by atoms with Crippen LogP contribution in [0.5, 0.6) is 0 Å². The third-order valence-electron chi connectivity index (χ3n) is 2.24. The zero-order valence-electron chi connectivity index (χ0n) is 9.75. The van der Waals surface area contributed by atoms with Crippen molar-refractivity contribution < 1.29 is 13.6 Å². The molecule has 0 saturated heterocycles. The summed E-state index contributed by atoms with van der Waals surface area (Å²) in [5.41, 5.74) is -0.173. The quantitative estimate of drug-likeness (QED) is 0.862. The highest BCUT2D eigenvalue weighted by Crippen LogP contribution is 2.15. The van der Waals surface area contributed by atoms with Gasteiger partial charge in [0, 0.05) is 5.69 Å². The van der Waals surface area contributed by atoms with Crippen molar-refractivity contribution in [1.29, 1.82) is 0 Å². The maximum absolute atomic E-state index is 13.4. The molecule has 2 rings (SSSR count). The van der Waals surface area contributed by atoms with E-state index in [4.69, 9.17) is 11.6 Å². The third-order valence-corrected chi connectivity index (χ3v) is 2.43. The van der Waals surface area contributed by atoms with E-state index in [0.29, 0.717) is 5.69 Å². The van der Waals surface area contributed by atoms with E-state index in [0.717, 1.165) is 12.1 Å². The highest BCUT2D eigenvalue weighted by Gasteiger charge is 2.18. The van der Waals surface area contributed by atoms with E-state index >= 15 is 0 Å². The van der Waals surface area contributed by atoms with Crippen LogP contribution >= 0.6 is 11.6 Å². The molecule has 1 N–H and O–H groups in total. The highest BCUT2D eigenvalue weighted by molar-refractivity contribution is 6.29. The van der Waals surface area contributed by atoms with E-state index in [1.54, 1.807) is 6.92 Å². The molecular weight excluding hydrogens is 276 g/mol. The lowest BCUT2D eigenvalue weighted by Crippen LogP contribution is -2.17. The minimum absolute atomic E-state index is 0.113. The number of nitrogens with one attached hydrogen (secondary N) is 1. The first-order chi connectivity index (χ1) is 8.97. The first kappa shape index (κ1) is 13.4. The molecule has 0 saturated carbocycles. The maximum atomic E-state index is 13.4. The molecule has 2 aromatic rings. The lowest BCUT2D eigenvalue weighted by molar-refractivity contribution is 0.101. The number of carbonyl (C=O) groups is 1. The Morgan fingerprint density at radius 2 is 1.89 bits per heavy atom. The Balaban J connectivity index is 2.31. The number of hydrogen-bond acceptors (Lipinski definition) is 3. The molecule has 0 bridgehead atoms. The van der Waals surface area contributed by atoms with Crippen molar-refractivity contribution in [3.8, 4) is 0 Å². The van der Waals surface area contributed by atoms with E-state index in [2.05, 4.69) is 15.3 Å². The normalized spacial score (nSPS) is 10.3. The average molecular weight is 284 g/mol. The van der Waals surface area contributed by atoms with Gasteiger partial charge in [0.1, 0.15) is 22.4 Å². The minimum atomic E-state index is -0.975. The second-order valence-electron chi connectivity index (χ2n) is 3.71. The topological polar surface area (TPSA) is 54.9 Å². The molecule has 0 radical (unpaired) electrons. The Bertz CT molecular complexity index is 608. The van der Waals surface area contributed by atoms with Crippen molar-refractivity contribution in [2.24, 2.45) is 0 Å². The molecule has 0 fully saturated rings. The van der Waals surface area contributed by atoms with Crippen LogP contribution in [-0.4, -0.2) is 15.9 Å². The first-order valence-electron chi connectivity index (χ1n) is 5.24. The van der Waals surface area contributed by atoms with E-state index in [9.17, 15) is 13.6 Å². The highest BCUT2D eigenvalue weighted by atomic mass is 35.5. The van der Waals surface area contributed by atoms with Gasteiger partial charge in [-0.25, -0.2) is 18.7 Å². The van der Waals surface area contributed by atoms with Gasteiger partial charge in [0.05, 0.1) is 0 Å². The monoisotopic (exact) mass is 283 g/mol. The summed E-state index contributed by atoms with van der Waals surface area (Å²) in [6, 6.07) is 4.63. The lowest BCUT2D eigenvalue weighted by Gasteiger charge is -2.06. The van der Waals surface area contributed by atoms with Crippen LogP contribution in [0.15, 0.2) is 24.3 Å². The van der Waals surface area contributed by atoms with Gasteiger partial charge in [0.25, 0.3) is 5.91 Å². The summed E-state index contributed by atoms with van der Waals surface area (Å²) in [5, 5.41) is 2.32. The van der Waals surface area contributed by atoms with Crippen molar-refractivity contribution in [2.45, 2.75) is 6.92 Å². The minimum Gasteiger partial charge on any atom is -0.290 e. The smallest absolute Gasteiger partial charge is 0.263 e. The standard InChI is InChI=1S/C12H8ClF2N3O/c1-6-5-9(13)17-12(16-6)18-11(19)10-7(14)3-2-4-8(10)15/h2-5H,1H3,(H,16,17,18,19). The van der Waals surface area contributed by atoms with Gasteiger partial charge in [0.2, 0.25) is 5.95 Å². The Morgan fingerprint density at radius 1 is 1.26 bits per heavy atom. The zero-order chi connectivity index (χ0) is 14.0. The third kappa shape index (κ3) is 3.03. The van der Waals surface area contributed by atoms with E-state index in [1.807, 2.05) is 0 Å². The number of nitrogens with zero attached hydrogens (tertiary/aromatic N) is 2. The Labute approximate surface area is 112 Å². The molecular formula is C12H8ClF2N3O. The molecule has 0 unspecified atom stereocenters. The second kappa shape index (κ2) is 5.27. The number of anilines is 1. The lowest BCUT2D eigenvalue weighted by atomic mass is 10.2. The Hall–Kier alpha value is -2.08. The molecule has 1 heterocycles. The second-order valence-corrected chi connectivity index (χ2v) is 4.09. The summed E-state index contributed by atoms with van der Waals surface area (Å²) in [5.74, 6) is -3.01. The number of rotatable bonds is 2. The van der Waals surface area contributed by atoms with Crippen LogP contribution in [0.3, 0.4) is 0 Å².